The molecule has 1 unspecified atom stereocenters. The number of Topliss-reactive ketones (excluding diaryl/α,β-unsaturated/α-hetero) is 1. The Bertz CT molecular complexity index is 1050. The van der Waals surface area contributed by atoms with Crippen molar-refractivity contribution < 1.29 is 9.53 Å². The molecule has 0 fully saturated rings. The van der Waals surface area contributed by atoms with Crippen LogP contribution in [0.25, 0.3) is 15.9 Å². The highest BCUT2D eigenvalue weighted by Crippen LogP contribution is 2.39. The van der Waals surface area contributed by atoms with Gasteiger partial charge in [-0.1, -0.05) is 36.9 Å². The van der Waals surface area contributed by atoms with E-state index < -0.39 is 0 Å². The summed E-state index contributed by atoms with van der Waals surface area (Å²) < 4.78 is 7.32. The van der Waals surface area contributed by atoms with Gasteiger partial charge in [0.25, 0.3) is 0 Å². The lowest BCUT2D eigenvalue weighted by molar-refractivity contribution is -0.121. The van der Waals surface area contributed by atoms with Crippen LogP contribution < -0.4 is 4.74 Å². The van der Waals surface area contributed by atoms with E-state index in [4.69, 9.17) is 4.74 Å². The van der Waals surface area contributed by atoms with Crippen LogP contribution in [0, 0.1) is 0 Å². The van der Waals surface area contributed by atoms with Crippen molar-refractivity contribution in [3.8, 4) is 5.75 Å². The first-order valence-corrected chi connectivity index (χ1v) is 10.6. The normalized spacial score (nSPS) is 14.1. The summed E-state index contributed by atoms with van der Waals surface area (Å²) >= 11 is 1.65. The number of allylic oxidation sites excluding steroid dienone is 1. The smallest absolute Gasteiger partial charge is 0.152 e. The Labute approximate surface area is 175 Å². The average Bonchev–Trinajstić information content (AvgIpc) is 3.28. The third kappa shape index (κ3) is 3.83. The van der Waals surface area contributed by atoms with Crippen LogP contribution in [0.2, 0.25) is 0 Å². The number of ether oxygens (including phenoxy) is 1. The van der Waals surface area contributed by atoms with Crippen LogP contribution in [0.3, 0.4) is 0 Å². The Morgan fingerprint density at radius 3 is 2.90 bits per heavy atom. The molecule has 2 heterocycles. The molecule has 0 spiro atoms. The predicted octanol–water partition coefficient (Wildman–Crippen LogP) is 5.59. The van der Waals surface area contributed by atoms with E-state index in [1.165, 1.54) is 0 Å². The maximum Gasteiger partial charge on any atom is 0.152 e. The van der Waals surface area contributed by atoms with E-state index in [0.717, 1.165) is 50.6 Å². The lowest BCUT2D eigenvalue weighted by Gasteiger charge is -2.28. The first kappa shape index (κ1) is 19.4. The summed E-state index contributed by atoms with van der Waals surface area (Å²) in [4.78, 5) is 19.0. The number of rotatable bonds is 8. The number of benzene rings is 2. The summed E-state index contributed by atoms with van der Waals surface area (Å²) in [7, 11) is 0. The zero-order chi connectivity index (χ0) is 20.4. The zero-order valence-electron chi connectivity index (χ0n) is 16.6. The van der Waals surface area contributed by atoms with Crippen molar-refractivity contribution >= 4 is 33.0 Å². The number of nitrogens with zero attached hydrogens (tertiary/aromatic N) is 2. The summed E-state index contributed by atoms with van der Waals surface area (Å²) in [5.74, 6) is 0.981. The number of carbonyl (C=O) groups is 1. The Kier molecular flexibility index (Phi) is 5.49. The van der Waals surface area contributed by atoms with E-state index in [9.17, 15) is 4.79 Å². The fraction of sp³-hybridized carbons (Fsp3) is 0.250. The van der Waals surface area contributed by atoms with E-state index in [-0.39, 0.29) is 11.8 Å². The highest BCUT2D eigenvalue weighted by molar-refractivity contribution is 7.18. The van der Waals surface area contributed by atoms with Gasteiger partial charge in [0, 0.05) is 23.4 Å². The van der Waals surface area contributed by atoms with Crippen molar-refractivity contribution in [1.29, 1.82) is 0 Å². The molecule has 1 aliphatic heterocycles. The van der Waals surface area contributed by atoms with Gasteiger partial charge < -0.3 is 9.64 Å². The van der Waals surface area contributed by atoms with Gasteiger partial charge >= 0.3 is 0 Å². The number of para-hydroxylation sites is 1. The highest BCUT2D eigenvalue weighted by Gasteiger charge is 2.32. The molecule has 4 nitrogen and oxygen atoms in total. The summed E-state index contributed by atoms with van der Waals surface area (Å²) in [5, 5.41) is 0.949. The minimum atomic E-state index is -0.190. The molecule has 0 amide bonds. The fourth-order valence-electron chi connectivity index (χ4n) is 3.83. The lowest BCUT2D eigenvalue weighted by Crippen LogP contribution is -2.35. The summed E-state index contributed by atoms with van der Waals surface area (Å²) in [6.45, 7) is 10.7. The van der Waals surface area contributed by atoms with E-state index >= 15 is 0 Å². The van der Waals surface area contributed by atoms with Crippen molar-refractivity contribution in [3.05, 3.63) is 77.8 Å². The average molecular weight is 405 g/mol. The third-order valence-corrected chi connectivity index (χ3v) is 6.31. The molecule has 1 atom stereocenters. The highest BCUT2D eigenvalue weighted by atomic mass is 32.1. The molecule has 0 saturated heterocycles. The number of ketones is 1. The van der Waals surface area contributed by atoms with Crippen LogP contribution in [-0.2, 0) is 17.9 Å². The molecular formula is C24H24N2O2S. The molecule has 0 aliphatic carbocycles. The van der Waals surface area contributed by atoms with E-state index in [2.05, 4.69) is 29.1 Å². The van der Waals surface area contributed by atoms with Crippen LogP contribution in [0.5, 0.6) is 5.75 Å². The maximum atomic E-state index is 12.3. The number of thiazole rings is 1. The first-order chi connectivity index (χ1) is 14.1. The molecule has 2 aromatic carbocycles. The minimum Gasteiger partial charge on any atom is -0.486 e. The van der Waals surface area contributed by atoms with Crippen molar-refractivity contribution in [1.82, 2.24) is 9.88 Å². The maximum absolute atomic E-state index is 12.3. The predicted molar refractivity (Wildman–Crippen MR) is 119 cm³/mol. The fourth-order valence-corrected chi connectivity index (χ4v) is 4.71. The van der Waals surface area contributed by atoms with Crippen molar-refractivity contribution in [3.63, 3.8) is 0 Å². The van der Waals surface area contributed by atoms with Crippen LogP contribution in [0.4, 0.5) is 0 Å². The third-order valence-electron chi connectivity index (χ3n) is 5.30. The van der Waals surface area contributed by atoms with E-state index in [1.54, 1.807) is 18.3 Å². The number of hydrogen-bond acceptors (Lipinski definition) is 5. The molecule has 0 saturated carbocycles. The first-order valence-electron chi connectivity index (χ1n) is 9.75. The van der Waals surface area contributed by atoms with Gasteiger partial charge in [0.15, 0.2) is 5.78 Å². The largest absolute Gasteiger partial charge is 0.486 e. The summed E-state index contributed by atoms with van der Waals surface area (Å²) in [6, 6.07) is 13.9. The van der Waals surface area contributed by atoms with Crippen molar-refractivity contribution in [2.75, 3.05) is 0 Å². The minimum absolute atomic E-state index is 0.151. The second-order valence-electron chi connectivity index (χ2n) is 7.21. The summed E-state index contributed by atoms with van der Waals surface area (Å²) in [6.07, 6.45) is 3.40. The number of carbonyl (C=O) groups excluding carboxylic acids is 1. The van der Waals surface area contributed by atoms with Gasteiger partial charge in [-0.15, -0.1) is 17.9 Å². The van der Waals surface area contributed by atoms with E-state index in [0.29, 0.717) is 13.2 Å². The Hall–Kier alpha value is -2.92. The SMILES string of the molecule is C=CCCC(C(C)=O)N1Cc2c(OCc3nc4ccccc4s3)cccc2C1=C. The Balaban J connectivity index is 1.54. The Morgan fingerprint density at radius 1 is 1.31 bits per heavy atom. The van der Waals surface area contributed by atoms with Gasteiger partial charge in [0.1, 0.15) is 17.4 Å². The number of fused-ring (bicyclic) bond motifs is 2. The quantitative estimate of drug-likeness (QED) is 0.459. The van der Waals surface area contributed by atoms with Gasteiger partial charge in [-0.25, -0.2) is 4.98 Å². The summed E-state index contributed by atoms with van der Waals surface area (Å²) in [5.41, 5.74) is 4.02. The zero-order valence-corrected chi connectivity index (χ0v) is 17.4. The molecule has 1 aromatic heterocycles. The van der Waals surface area contributed by atoms with Crippen LogP contribution in [0.1, 0.15) is 35.9 Å². The van der Waals surface area contributed by atoms with Gasteiger partial charge in [0.2, 0.25) is 0 Å². The molecular weight excluding hydrogens is 380 g/mol. The van der Waals surface area contributed by atoms with Crippen molar-refractivity contribution in [2.45, 2.75) is 39.0 Å². The Morgan fingerprint density at radius 2 is 2.14 bits per heavy atom. The lowest BCUT2D eigenvalue weighted by atomic mass is 10.1. The molecule has 0 N–H and O–H groups in total. The van der Waals surface area contributed by atoms with Gasteiger partial charge in [-0.05, 0) is 38.0 Å². The van der Waals surface area contributed by atoms with Crippen molar-refractivity contribution in [2.24, 2.45) is 0 Å². The number of aromatic nitrogens is 1. The van der Waals surface area contributed by atoms with Crippen LogP contribution in [-0.4, -0.2) is 21.7 Å². The molecule has 4 rings (SSSR count). The second kappa shape index (κ2) is 8.21. The van der Waals surface area contributed by atoms with Gasteiger partial charge in [-0.3, -0.25) is 4.79 Å². The molecule has 148 valence electrons. The monoisotopic (exact) mass is 404 g/mol. The molecule has 29 heavy (non-hydrogen) atoms. The van der Waals surface area contributed by atoms with Gasteiger partial charge in [0.05, 0.1) is 16.3 Å². The van der Waals surface area contributed by atoms with E-state index in [1.807, 2.05) is 42.5 Å². The molecule has 3 aromatic rings. The standard InChI is InChI=1S/C24H24N2O2S/c1-4-5-11-21(17(3)27)26-14-19-18(16(26)2)9-8-12-22(19)28-15-24-25-20-10-6-7-13-23(20)29-24/h4,6-10,12-13,21H,1-2,5,11,14-15H2,3H3. The van der Waals surface area contributed by atoms with Crippen LogP contribution in [0.15, 0.2) is 61.7 Å². The van der Waals surface area contributed by atoms with Gasteiger partial charge in [-0.2, -0.15) is 0 Å². The topological polar surface area (TPSA) is 42.4 Å². The molecule has 1 aliphatic rings. The number of hydrogen-bond donors (Lipinski definition) is 0. The second-order valence-corrected chi connectivity index (χ2v) is 8.33. The molecule has 0 radical (unpaired) electrons. The molecule has 5 heteroatoms. The van der Waals surface area contributed by atoms with Crippen LogP contribution >= 0.6 is 11.3 Å². The molecule has 0 bridgehead atoms.